The van der Waals surface area contributed by atoms with E-state index in [2.05, 4.69) is 46.7 Å². The fourth-order valence-electron chi connectivity index (χ4n) is 2.69. The van der Waals surface area contributed by atoms with E-state index < -0.39 is 0 Å². The highest BCUT2D eigenvalue weighted by Gasteiger charge is 2.18. The second kappa shape index (κ2) is 6.35. The van der Waals surface area contributed by atoms with E-state index in [4.69, 9.17) is 0 Å². The first-order valence-corrected chi connectivity index (χ1v) is 8.22. The predicted molar refractivity (Wildman–Crippen MR) is 85.2 cm³/mol. The van der Waals surface area contributed by atoms with E-state index >= 15 is 0 Å². The maximum absolute atomic E-state index is 4.02. The molecule has 1 aromatic heterocycles. The van der Waals surface area contributed by atoms with Gasteiger partial charge in [0.05, 0.1) is 11.7 Å². The molecule has 0 aliphatic heterocycles. The van der Waals surface area contributed by atoms with Gasteiger partial charge in [0.2, 0.25) is 0 Å². The monoisotopic (exact) mass is 287 g/mol. The molecule has 0 radical (unpaired) electrons. The van der Waals surface area contributed by atoms with Crippen molar-refractivity contribution in [1.29, 1.82) is 0 Å². The molecule has 1 unspecified atom stereocenters. The average Bonchev–Trinajstić information content (AvgIpc) is 3.13. The molecule has 0 bridgehead atoms. The summed E-state index contributed by atoms with van der Waals surface area (Å²) in [4.78, 5) is 1.37. The first-order chi connectivity index (χ1) is 9.83. The number of aromatic amines is 1. The second-order valence-corrected chi connectivity index (χ2v) is 6.74. The number of thioether (sulfide) groups is 1. The van der Waals surface area contributed by atoms with Gasteiger partial charge < -0.3 is 5.32 Å². The van der Waals surface area contributed by atoms with Gasteiger partial charge in [-0.15, -0.1) is 11.8 Å². The Kier molecular flexibility index (Phi) is 4.31. The number of benzene rings is 1. The molecular weight excluding hydrogens is 266 g/mol. The maximum atomic E-state index is 4.02. The lowest BCUT2D eigenvalue weighted by molar-refractivity contribution is 0.822. The summed E-state index contributed by atoms with van der Waals surface area (Å²) < 4.78 is 0. The molecule has 106 valence electrons. The molecule has 2 N–H and O–H groups in total. The lowest BCUT2D eigenvalue weighted by Crippen LogP contribution is -2.08. The average molecular weight is 287 g/mol. The van der Waals surface area contributed by atoms with Crippen LogP contribution < -0.4 is 5.32 Å². The molecule has 0 spiro atoms. The molecule has 3 rings (SSSR count). The van der Waals surface area contributed by atoms with Crippen molar-refractivity contribution < 1.29 is 0 Å². The van der Waals surface area contributed by atoms with Gasteiger partial charge in [-0.3, -0.25) is 5.10 Å². The van der Waals surface area contributed by atoms with E-state index in [-0.39, 0.29) is 6.04 Å². The van der Waals surface area contributed by atoms with Crippen LogP contribution in [0.5, 0.6) is 0 Å². The molecule has 0 saturated heterocycles. The molecule has 1 aliphatic rings. The normalized spacial score (nSPS) is 17.2. The molecular formula is C16H21N3S. The third-order valence-electron chi connectivity index (χ3n) is 3.84. The van der Waals surface area contributed by atoms with Crippen LogP contribution in [0.4, 0.5) is 5.69 Å². The minimum Gasteiger partial charge on any atom is -0.376 e. The molecule has 2 aromatic rings. The summed E-state index contributed by atoms with van der Waals surface area (Å²) >= 11 is 2.03. The van der Waals surface area contributed by atoms with Crippen LogP contribution in [0, 0.1) is 0 Å². The van der Waals surface area contributed by atoms with Gasteiger partial charge in [-0.05, 0) is 38.0 Å². The molecule has 1 fully saturated rings. The second-order valence-electron chi connectivity index (χ2n) is 5.40. The minimum atomic E-state index is 0.239. The Bertz CT molecular complexity index is 532. The molecule has 4 heteroatoms. The lowest BCUT2D eigenvalue weighted by Gasteiger charge is -2.18. The fraction of sp³-hybridized carbons (Fsp3) is 0.438. The first kappa shape index (κ1) is 13.6. The summed E-state index contributed by atoms with van der Waals surface area (Å²) in [5.74, 6) is 0. The van der Waals surface area contributed by atoms with Crippen molar-refractivity contribution >= 4 is 17.4 Å². The third kappa shape index (κ3) is 3.18. The van der Waals surface area contributed by atoms with Gasteiger partial charge in [0.1, 0.15) is 0 Å². The van der Waals surface area contributed by atoms with Crippen LogP contribution in [0.3, 0.4) is 0 Å². The van der Waals surface area contributed by atoms with Gasteiger partial charge in [-0.2, -0.15) is 5.10 Å². The molecule has 1 aromatic carbocycles. The molecule has 20 heavy (non-hydrogen) atoms. The molecule has 1 heterocycles. The third-order valence-corrected chi connectivity index (χ3v) is 5.26. The smallest absolute Gasteiger partial charge is 0.0651 e. The minimum absolute atomic E-state index is 0.239. The molecule has 1 saturated carbocycles. The van der Waals surface area contributed by atoms with Crippen molar-refractivity contribution in [2.24, 2.45) is 0 Å². The Morgan fingerprint density at radius 1 is 1.25 bits per heavy atom. The number of hydrogen-bond acceptors (Lipinski definition) is 3. The van der Waals surface area contributed by atoms with Crippen molar-refractivity contribution in [1.82, 2.24) is 10.2 Å². The Morgan fingerprint density at radius 2 is 2.05 bits per heavy atom. The van der Waals surface area contributed by atoms with Crippen molar-refractivity contribution in [3.63, 3.8) is 0 Å². The summed E-state index contributed by atoms with van der Waals surface area (Å²) in [6.07, 6.45) is 7.28. The van der Waals surface area contributed by atoms with Gasteiger partial charge >= 0.3 is 0 Å². The summed E-state index contributed by atoms with van der Waals surface area (Å²) in [6.45, 7) is 2.16. The zero-order chi connectivity index (χ0) is 13.8. The number of para-hydroxylation sites is 1. The Hall–Kier alpha value is -1.42. The standard InChI is InChI=1S/C16H21N3S/c1-12(14-10-11-17-19-14)18-15-8-4-5-9-16(15)20-13-6-2-3-7-13/h4-5,8-13,18H,2-3,6-7H2,1H3,(H,17,19). The highest BCUT2D eigenvalue weighted by atomic mass is 32.2. The van der Waals surface area contributed by atoms with Crippen LogP contribution in [0.15, 0.2) is 41.4 Å². The molecule has 3 nitrogen and oxygen atoms in total. The van der Waals surface area contributed by atoms with Gasteiger partial charge in [-0.1, -0.05) is 25.0 Å². The van der Waals surface area contributed by atoms with Gasteiger partial charge in [-0.25, -0.2) is 0 Å². The van der Waals surface area contributed by atoms with Crippen molar-refractivity contribution in [3.05, 3.63) is 42.2 Å². The highest BCUT2D eigenvalue weighted by molar-refractivity contribution is 8.00. The Morgan fingerprint density at radius 3 is 2.80 bits per heavy atom. The topological polar surface area (TPSA) is 40.7 Å². The number of hydrogen-bond donors (Lipinski definition) is 2. The van der Waals surface area contributed by atoms with Gasteiger partial charge in [0.15, 0.2) is 0 Å². The van der Waals surface area contributed by atoms with Crippen molar-refractivity contribution in [2.45, 2.75) is 48.8 Å². The van der Waals surface area contributed by atoms with Crippen LogP contribution in [0.2, 0.25) is 0 Å². The molecule has 0 amide bonds. The Balaban J connectivity index is 1.72. The molecule has 1 aliphatic carbocycles. The van der Waals surface area contributed by atoms with Crippen molar-refractivity contribution in [3.8, 4) is 0 Å². The van der Waals surface area contributed by atoms with E-state index in [1.165, 1.54) is 36.3 Å². The number of aromatic nitrogens is 2. The number of nitrogens with zero attached hydrogens (tertiary/aromatic N) is 1. The number of nitrogens with one attached hydrogen (secondary N) is 2. The van der Waals surface area contributed by atoms with E-state index in [1.54, 1.807) is 6.20 Å². The van der Waals surface area contributed by atoms with E-state index in [0.717, 1.165) is 10.9 Å². The number of rotatable bonds is 5. The maximum Gasteiger partial charge on any atom is 0.0651 e. The summed E-state index contributed by atoms with van der Waals surface area (Å²) in [5.41, 5.74) is 2.34. The van der Waals surface area contributed by atoms with Crippen molar-refractivity contribution in [2.75, 3.05) is 5.32 Å². The Labute approximate surface area is 124 Å². The largest absolute Gasteiger partial charge is 0.376 e. The zero-order valence-electron chi connectivity index (χ0n) is 11.8. The zero-order valence-corrected chi connectivity index (χ0v) is 12.6. The van der Waals surface area contributed by atoms with Gasteiger partial charge in [0, 0.05) is 22.0 Å². The first-order valence-electron chi connectivity index (χ1n) is 7.34. The summed E-state index contributed by atoms with van der Waals surface area (Å²) in [6, 6.07) is 10.9. The lowest BCUT2D eigenvalue weighted by atomic mass is 10.2. The summed E-state index contributed by atoms with van der Waals surface area (Å²) in [5, 5.41) is 11.4. The van der Waals surface area contributed by atoms with Crippen LogP contribution in [0.1, 0.15) is 44.3 Å². The SMILES string of the molecule is CC(Nc1ccccc1SC1CCCC1)c1ccn[nH]1. The van der Waals surface area contributed by atoms with E-state index in [9.17, 15) is 0 Å². The summed E-state index contributed by atoms with van der Waals surface area (Å²) in [7, 11) is 0. The quantitative estimate of drug-likeness (QED) is 0.843. The number of H-pyrrole nitrogens is 1. The van der Waals surface area contributed by atoms with Crippen LogP contribution in [0.25, 0.3) is 0 Å². The van der Waals surface area contributed by atoms with Crippen LogP contribution >= 0.6 is 11.8 Å². The molecule has 1 atom stereocenters. The van der Waals surface area contributed by atoms with E-state index in [1.807, 2.05) is 17.8 Å². The fourth-order valence-corrected chi connectivity index (χ4v) is 4.03. The van der Waals surface area contributed by atoms with Gasteiger partial charge in [0.25, 0.3) is 0 Å². The van der Waals surface area contributed by atoms with E-state index in [0.29, 0.717) is 0 Å². The van der Waals surface area contributed by atoms with Crippen LogP contribution in [-0.2, 0) is 0 Å². The predicted octanol–water partition coefficient (Wildman–Crippen LogP) is 4.62. The van der Waals surface area contributed by atoms with Crippen LogP contribution in [-0.4, -0.2) is 15.4 Å². The highest BCUT2D eigenvalue weighted by Crippen LogP contribution is 2.38. The number of anilines is 1.